The van der Waals surface area contributed by atoms with Gasteiger partial charge in [0.1, 0.15) is 17.3 Å². The quantitative estimate of drug-likeness (QED) is 0.491. The maximum absolute atomic E-state index is 16.1. The third-order valence-electron chi connectivity index (χ3n) is 5.66. The Labute approximate surface area is 166 Å². The van der Waals surface area contributed by atoms with Gasteiger partial charge >= 0.3 is 0 Å². The Morgan fingerprint density at radius 3 is 2.66 bits per heavy atom. The summed E-state index contributed by atoms with van der Waals surface area (Å²) in [6.45, 7) is 7.83. The van der Waals surface area contributed by atoms with Crippen molar-refractivity contribution in [2.24, 2.45) is 0 Å². The van der Waals surface area contributed by atoms with Crippen molar-refractivity contribution in [3.05, 3.63) is 59.3 Å². The van der Waals surface area contributed by atoms with E-state index in [1.807, 2.05) is 33.8 Å². The third-order valence-corrected chi connectivity index (χ3v) is 5.66. The Morgan fingerprint density at radius 1 is 1.10 bits per heavy atom. The fraction of sp³-hybridized carbons (Fsp3) is 0.273. The maximum atomic E-state index is 16.1. The molecular formula is C22H21F2N5. The van der Waals surface area contributed by atoms with Gasteiger partial charge in [0.25, 0.3) is 0 Å². The van der Waals surface area contributed by atoms with E-state index >= 15 is 4.39 Å². The molecule has 0 unspecified atom stereocenters. The Hall–Kier alpha value is -3.22. The summed E-state index contributed by atoms with van der Waals surface area (Å²) in [5.74, 6) is 0.427. The predicted octanol–water partition coefficient (Wildman–Crippen LogP) is 5.23. The van der Waals surface area contributed by atoms with E-state index < -0.39 is 17.2 Å². The zero-order valence-electron chi connectivity index (χ0n) is 16.7. The maximum Gasteiger partial charge on any atom is 0.162 e. The Bertz CT molecular complexity index is 1280. The molecule has 29 heavy (non-hydrogen) atoms. The average Bonchev–Trinajstić information content (AvgIpc) is 3.28. The summed E-state index contributed by atoms with van der Waals surface area (Å²) >= 11 is 0. The number of H-pyrrole nitrogens is 1. The molecule has 2 N–H and O–H groups in total. The molecule has 2 aromatic heterocycles. The van der Waals surface area contributed by atoms with Gasteiger partial charge in [-0.25, -0.2) is 8.78 Å². The van der Waals surface area contributed by atoms with Gasteiger partial charge < -0.3 is 10.3 Å². The Balaban J connectivity index is 1.89. The monoisotopic (exact) mass is 393 g/mol. The topological polar surface area (TPSA) is 58.5 Å². The number of hydrogen-bond donors (Lipinski definition) is 2. The van der Waals surface area contributed by atoms with Crippen molar-refractivity contribution < 1.29 is 8.78 Å². The number of nitrogens with zero attached hydrogens (tertiary/aromatic N) is 3. The first-order valence-electron chi connectivity index (χ1n) is 9.65. The molecule has 3 heterocycles. The molecule has 0 bridgehead atoms. The van der Waals surface area contributed by atoms with Crippen LogP contribution in [-0.2, 0) is 12.0 Å². The molecule has 0 spiro atoms. The lowest BCUT2D eigenvalue weighted by Crippen LogP contribution is -2.37. The third kappa shape index (κ3) is 2.43. The van der Waals surface area contributed by atoms with Crippen LogP contribution in [-0.4, -0.2) is 19.7 Å². The second-order valence-electron chi connectivity index (χ2n) is 8.03. The minimum Gasteiger partial charge on any atom is -0.371 e. The van der Waals surface area contributed by atoms with E-state index in [9.17, 15) is 4.39 Å². The van der Waals surface area contributed by atoms with E-state index in [2.05, 4.69) is 20.5 Å². The van der Waals surface area contributed by atoms with Crippen molar-refractivity contribution in [3.63, 3.8) is 0 Å². The van der Waals surface area contributed by atoms with Crippen LogP contribution in [0.3, 0.4) is 0 Å². The highest BCUT2D eigenvalue weighted by atomic mass is 19.1. The van der Waals surface area contributed by atoms with Crippen LogP contribution in [0.25, 0.3) is 27.7 Å². The van der Waals surface area contributed by atoms with Crippen LogP contribution in [0, 0.1) is 18.6 Å². The Kier molecular flexibility index (Phi) is 3.62. The van der Waals surface area contributed by atoms with Crippen molar-refractivity contribution in [1.82, 2.24) is 19.7 Å². The van der Waals surface area contributed by atoms with E-state index in [1.54, 1.807) is 16.8 Å². The first kappa shape index (κ1) is 17.8. The molecule has 0 fully saturated rings. The fourth-order valence-electron chi connectivity index (χ4n) is 4.27. The second kappa shape index (κ2) is 5.89. The predicted molar refractivity (Wildman–Crippen MR) is 109 cm³/mol. The standard InChI is InChI=1S/C22H21F2N5/c1-5-12-9-15(16-10-14(23)8-13-6-7-25-18(13)16)17(24)20-19(12)26-22(3,4)21-28-27-11(2)29(20)21/h6-10,25-26H,5H2,1-4H3. The van der Waals surface area contributed by atoms with Crippen molar-refractivity contribution in [3.8, 4) is 16.8 Å². The molecular weight excluding hydrogens is 372 g/mol. The molecule has 148 valence electrons. The summed E-state index contributed by atoms with van der Waals surface area (Å²) in [7, 11) is 0. The minimum atomic E-state index is -0.502. The number of aromatic nitrogens is 4. The molecule has 1 aliphatic rings. The van der Waals surface area contributed by atoms with E-state index in [4.69, 9.17) is 0 Å². The average molecular weight is 393 g/mol. The summed E-state index contributed by atoms with van der Waals surface area (Å²) in [5, 5.41) is 12.6. The molecule has 0 aliphatic carbocycles. The molecule has 0 amide bonds. The lowest BCUT2D eigenvalue weighted by Gasteiger charge is -2.35. The number of rotatable bonds is 2. The van der Waals surface area contributed by atoms with Gasteiger partial charge in [-0.1, -0.05) is 6.92 Å². The second-order valence-corrected chi connectivity index (χ2v) is 8.03. The molecule has 0 saturated heterocycles. The van der Waals surface area contributed by atoms with E-state index in [0.717, 1.165) is 11.3 Å². The summed E-state index contributed by atoms with van der Waals surface area (Å²) in [6, 6.07) is 6.42. The molecule has 0 saturated carbocycles. The van der Waals surface area contributed by atoms with Gasteiger partial charge in [-0.2, -0.15) is 0 Å². The van der Waals surface area contributed by atoms with Gasteiger partial charge in [0.2, 0.25) is 0 Å². The minimum absolute atomic E-state index is 0.355. The lowest BCUT2D eigenvalue weighted by atomic mass is 9.92. The number of aromatic amines is 1. The van der Waals surface area contributed by atoms with Crippen LogP contribution in [0.1, 0.15) is 38.0 Å². The molecule has 0 atom stereocenters. The van der Waals surface area contributed by atoms with E-state index in [-0.39, 0.29) is 0 Å². The largest absolute Gasteiger partial charge is 0.371 e. The van der Waals surface area contributed by atoms with Crippen LogP contribution in [0.4, 0.5) is 14.5 Å². The summed E-state index contributed by atoms with van der Waals surface area (Å²) in [5.41, 5.74) is 3.13. The number of benzene rings is 2. The van der Waals surface area contributed by atoms with E-state index in [0.29, 0.717) is 45.8 Å². The number of nitrogens with one attached hydrogen (secondary N) is 2. The van der Waals surface area contributed by atoms with Crippen LogP contribution in [0.2, 0.25) is 0 Å². The van der Waals surface area contributed by atoms with Crippen molar-refractivity contribution in [2.45, 2.75) is 39.7 Å². The number of anilines is 1. The zero-order valence-corrected chi connectivity index (χ0v) is 16.7. The van der Waals surface area contributed by atoms with Crippen LogP contribution in [0.15, 0.2) is 30.5 Å². The molecule has 1 aliphatic heterocycles. The van der Waals surface area contributed by atoms with Crippen LogP contribution >= 0.6 is 0 Å². The number of halogens is 2. The van der Waals surface area contributed by atoms with Gasteiger partial charge in [0.15, 0.2) is 11.6 Å². The number of fused-ring (bicyclic) bond motifs is 4. The fourth-order valence-corrected chi connectivity index (χ4v) is 4.27. The summed E-state index contributed by atoms with van der Waals surface area (Å²) in [6.07, 6.45) is 2.43. The van der Waals surface area contributed by atoms with Crippen LogP contribution < -0.4 is 5.32 Å². The van der Waals surface area contributed by atoms with Gasteiger partial charge in [-0.15, -0.1) is 10.2 Å². The van der Waals surface area contributed by atoms with Crippen molar-refractivity contribution in [2.75, 3.05) is 5.32 Å². The summed E-state index contributed by atoms with van der Waals surface area (Å²) < 4.78 is 32.1. The molecule has 2 aromatic carbocycles. The highest BCUT2D eigenvalue weighted by Gasteiger charge is 2.37. The van der Waals surface area contributed by atoms with Crippen molar-refractivity contribution in [1.29, 1.82) is 0 Å². The van der Waals surface area contributed by atoms with Gasteiger partial charge in [-0.3, -0.25) is 4.57 Å². The highest BCUT2D eigenvalue weighted by molar-refractivity contribution is 5.96. The molecule has 4 aromatic rings. The first-order valence-corrected chi connectivity index (χ1v) is 9.65. The molecule has 0 radical (unpaired) electrons. The number of hydrogen-bond acceptors (Lipinski definition) is 3. The van der Waals surface area contributed by atoms with E-state index in [1.165, 1.54) is 12.1 Å². The Morgan fingerprint density at radius 2 is 1.90 bits per heavy atom. The van der Waals surface area contributed by atoms with Gasteiger partial charge in [-0.05, 0) is 57.0 Å². The summed E-state index contributed by atoms with van der Waals surface area (Å²) in [4.78, 5) is 3.12. The smallest absolute Gasteiger partial charge is 0.162 e. The SMILES string of the molecule is CCc1cc(-c2cc(F)cc3cc[nH]c23)c(F)c2c1NC(C)(C)c1nnc(C)n1-2. The van der Waals surface area contributed by atoms with Crippen molar-refractivity contribution >= 4 is 16.6 Å². The molecule has 5 rings (SSSR count). The van der Waals surface area contributed by atoms with Crippen LogP contribution in [0.5, 0.6) is 0 Å². The highest BCUT2D eigenvalue weighted by Crippen LogP contribution is 2.44. The zero-order chi connectivity index (χ0) is 20.5. The van der Waals surface area contributed by atoms with Gasteiger partial charge in [0, 0.05) is 22.7 Å². The molecule has 5 nitrogen and oxygen atoms in total. The van der Waals surface area contributed by atoms with Gasteiger partial charge in [0.05, 0.1) is 16.7 Å². The molecule has 7 heteroatoms. The lowest BCUT2D eigenvalue weighted by molar-refractivity contribution is 0.521. The normalized spacial score (nSPS) is 14.6. The number of aryl methyl sites for hydroxylation is 2. The first-order chi connectivity index (χ1) is 13.8.